The van der Waals surface area contributed by atoms with E-state index < -0.39 is 91.5 Å². The summed E-state index contributed by atoms with van der Waals surface area (Å²) in [5, 5.41) is 20.6. The SMILES string of the molecule is CC/C=C\C/C=C\C/C=C\C/C=C\C/C=C\C/C=C\CCCCC(=O)OCC(COP(=O)(O)OCC(O)COP(=O)(O)OCC(O)COC(=O)CCCCCCCCCCC/C=C\C/C=C\C/C=C\C/C=C\C/C=C\CC)OC(=O)CCCCCCC/C=C\CCCCCC. The number of allylic oxidation sites excluding steroid dienone is 24. The van der Waals surface area contributed by atoms with Gasteiger partial charge in [-0.3, -0.25) is 32.5 Å². The summed E-state index contributed by atoms with van der Waals surface area (Å²) in [6.07, 6.45) is 83.3. The van der Waals surface area contributed by atoms with Crippen LogP contribution in [0.5, 0.6) is 0 Å². The minimum Gasteiger partial charge on any atom is -0.463 e. The number of rotatable bonds is 67. The average Bonchev–Trinajstić information content (AvgIpc) is 1.83. The number of hydrogen-bond acceptors (Lipinski definition) is 14. The summed E-state index contributed by atoms with van der Waals surface area (Å²) in [4.78, 5) is 58.4. The third-order valence-corrected chi connectivity index (χ3v) is 16.4. The molecule has 16 nitrogen and oxygen atoms in total. The molecule has 0 radical (unpaired) electrons. The molecule has 542 valence electrons. The molecular weight excluding hydrogens is 1240 g/mol. The lowest BCUT2D eigenvalue weighted by Crippen LogP contribution is -2.30. The Bertz CT molecular complexity index is 2310. The molecule has 0 aliphatic carbocycles. The summed E-state index contributed by atoms with van der Waals surface area (Å²) in [6, 6.07) is 0. The van der Waals surface area contributed by atoms with Crippen LogP contribution < -0.4 is 0 Å². The van der Waals surface area contributed by atoms with Gasteiger partial charge in [-0.2, -0.15) is 0 Å². The van der Waals surface area contributed by atoms with E-state index in [4.69, 9.17) is 32.3 Å². The van der Waals surface area contributed by atoms with Gasteiger partial charge in [-0.25, -0.2) is 9.13 Å². The van der Waals surface area contributed by atoms with Gasteiger partial charge in [0.25, 0.3) is 0 Å². The second-order valence-electron chi connectivity index (χ2n) is 23.6. The largest absolute Gasteiger partial charge is 0.472 e. The van der Waals surface area contributed by atoms with Crippen LogP contribution in [0.4, 0.5) is 0 Å². The van der Waals surface area contributed by atoms with Crippen molar-refractivity contribution in [3.8, 4) is 0 Å². The average molecular weight is 1370 g/mol. The van der Waals surface area contributed by atoms with Crippen molar-refractivity contribution >= 4 is 33.6 Å². The normalized spacial score (nSPS) is 15.0. The predicted octanol–water partition coefficient (Wildman–Crippen LogP) is 20.5. The van der Waals surface area contributed by atoms with Gasteiger partial charge in [-0.1, -0.05) is 250 Å². The highest BCUT2D eigenvalue weighted by Gasteiger charge is 2.29. The number of phosphoric acid groups is 2. The lowest BCUT2D eigenvalue weighted by atomic mass is 10.1. The molecule has 5 unspecified atom stereocenters. The van der Waals surface area contributed by atoms with Crippen molar-refractivity contribution in [1.82, 2.24) is 0 Å². The van der Waals surface area contributed by atoms with Gasteiger partial charge in [0.05, 0.1) is 26.4 Å². The van der Waals surface area contributed by atoms with Gasteiger partial charge in [-0.05, 0) is 141 Å². The van der Waals surface area contributed by atoms with E-state index in [1.54, 1.807) is 0 Å². The Morgan fingerprint density at radius 3 is 0.916 bits per heavy atom. The lowest BCUT2D eigenvalue weighted by Gasteiger charge is -2.21. The molecular formula is C77H128O16P2. The molecule has 0 amide bonds. The number of aliphatic hydroxyl groups excluding tert-OH is 2. The van der Waals surface area contributed by atoms with E-state index in [2.05, 4.69) is 167 Å². The van der Waals surface area contributed by atoms with E-state index in [9.17, 15) is 43.5 Å². The first-order valence-electron chi connectivity index (χ1n) is 36.1. The van der Waals surface area contributed by atoms with Crippen LogP contribution in [0.1, 0.15) is 265 Å². The Morgan fingerprint density at radius 1 is 0.305 bits per heavy atom. The molecule has 0 aliphatic heterocycles. The van der Waals surface area contributed by atoms with Crippen molar-refractivity contribution in [3.63, 3.8) is 0 Å². The molecule has 18 heteroatoms. The molecule has 0 saturated heterocycles. The Kier molecular flexibility index (Phi) is 66.0. The van der Waals surface area contributed by atoms with Crippen LogP contribution in [0.15, 0.2) is 146 Å². The molecule has 0 aromatic rings. The van der Waals surface area contributed by atoms with E-state index in [1.807, 2.05) is 0 Å². The van der Waals surface area contributed by atoms with Gasteiger partial charge >= 0.3 is 33.6 Å². The van der Waals surface area contributed by atoms with Gasteiger partial charge in [0.2, 0.25) is 0 Å². The maximum atomic E-state index is 12.9. The second-order valence-corrected chi connectivity index (χ2v) is 26.5. The highest BCUT2D eigenvalue weighted by atomic mass is 31.2. The van der Waals surface area contributed by atoms with Gasteiger partial charge < -0.3 is 34.2 Å². The summed E-state index contributed by atoms with van der Waals surface area (Å²) >= 11 is 0. The topological polar surface area (TPSA) is 231 Å². The molecule has 0 fully saturated rings. The predicted molar refractivity (Wildman–Crippen MR) is 389 cm³/mol. The van der Waals surface area contributed by atoms with E-state index in [-0.39, 0.29) is 19.3 Å². The fourth-order valence-corrected chi connectivity index (χ4v) is 10.6. The first-order chi connectivity index (χ1) is 46.2. The maximum Gasteiger partial charge on any atom is 0.472 e. The summed E-state index contributed by atoms with van der Waals surface area (Å²) < 4.78 is 60.9. The zero-order chi connectivity index (χ0) is 69.5. The number of ether oxygens (including phenoxy) is 3. The molecule has 0 saturated carbocycles. The number of aliphatic hydroxyl groups is 2. The fourth-order valence-electron chi connectivity index (χ4n) is 9.06. The smallest absolute Gasteiger partial charge is 0.463 e. The quantitative estimate of drug-likeness (QED) is 0.0146. The van der Waals surface area contributed by atoms with Gasteiger partial charge in [0.15, 0.2) is 6.10 Å². The molecule has 5 atom stereocenters. The summed E-state index contributed by atoms with van der Waals surface area (Å²) in [7, 11) is -9.80. The highest BCUT2D eigenvalue weighted by molar-refractivity contribution is 7.47. The number of unbranched alkanes of at least 4 members (excludes halogenated alkanes) is 20. The van der Waals surface area contributed by atoms with Crippen LogP contribution in [-0.4, -0.2) is 95.9 Å². The van der Waals surface area contributed by atoms with Crippen LogP contribution in [0.3, 0.4) is 0 Å². The number of carbonyl (C=O) groups is 3. The number of esters is 3. The third kappa shape index (κ3) is 70.6. The number of hydrogen-bond donors (Lipinski definition) is 4. The van der Waals surface area contributed by atoms with Crippen LogP contribution >= 0.6 is 15.6 Å². The summed E-state index contributed by atoms with van der Waals surface area (Å²) in [6.45, 7) is 2.34. The Balaban J connectivity index is 4.63. The van der Waals surface area contributed by atoms with Crippen LogP contribution in [0.25, 0.3) is 0 Å². The minimum absolute atomic E-state index is 0.0804. The fraction of sp³-hybridized carbons (Fsp3) is 0.649. The van der Waals surface area contributed by atoms with Crippen molar-refractivity contribution in [3.05, 3.63) is 146 Å². The third-order valence-electron chi connectivity index (χ3n) is 14.5. The van der Waals surface area contributed by atoms with Crippen molar-refractivity contribution in [2.75, 3.05) is 39.6 Å². The monoisotopic (exact) mass is 1370 g/mol. The Morgan fingerprint density at radius 2 is 0.558 bits per heavy atom. The Labute approximate surface area is 575 Å². The molecule has 95 heavy (non-hydrogen) atoms. The van der Waals surface area contributed by atoms with Crippen molar-refractivity contribution < 1.29 is 75.8 Å². The van der Waals surface area contributed by atoms with Crippen LogP contribution in [0, 0.1) is 0 Å². The van der Waals surface area contributed by atoms with E-state index in [0.29, 0.717) is 19.3 Å². The molecule has 0 aromatic heterocycles. The van der Waals surface area contributed by atoms with E-state index >= 15 is 0 Å². The molecule has 0 rings (SSSR count). The van der Waals surface area contributed by atoms with Crippen molar-refractivity contribution in [2.45, 2.75) is 283 Å². The van der Waals surface area contributed by atoms with E-state index in [1.165, 1.54) is 51.4 Å². The Hall–Kier alpha value is -4.57. The maximum absolute atomic E-state index is 12.9. The summed E-state index contributed by atoms with van der Waals surface area (Å²) in [5.74, 6) is -1.65. The minimum atomic E-state index is -4.94. The van der Waals surface area contributed by atoms with Gasteiger partial charge in [-0.15, -0.1) is 0 Å². The molecule has 0 aliphatic rings. The molecule has 4 N–H and O–H groups in total. The molecule has 0 heterocycles. The zero-order valence-corrected chi connectivity index (χ0v) is 60.6. The first-order valence-corrected chi connectivity index (χ1v) is 39.1. The first kappa shape index (κ1) is 90.4. The number of carbonyl (C=O) groups excluding carboxylic acids is 3. The standard InChI is InChI=1S/C77H128O16P2/c1-4-7-10-13-16-19-22-25-27-29-31-33-34-35-36-38-40-41-43-46-48-51-54-57-60-63-75(80)87-66-72(78)67-89-94(83,84)90-68-73(79)69-91-95(85,86)92-71-74(93-77(82)65-62-59-56-53-50-45-24-21-18-15-12-9-6-3)70-88-76(81)64-61-58-55-52-49-47-44-42-39-37-32-30-28-26-23-20-17-14-11-8-5-2/h7-8,10-11,16-17,19-21,24-28,31-33,35-37,42,44,49,52,72-74,78-79H,4-6,9,12-15,18,22-23,29-30,34,38-41,43,45-48,50-51,53-71H2,1-3H3,(H,83,84)(H,85,86)/b10-7-,11-8-,19-16-,20-17-,24-21-,27-25-,28-26-,33-31-,36-35-,37-32-,44-42-,52-49-. The lowest BCUT2D eigenvalue weighted by molar-refractivity contribution is -0.161. The van der Waals surface area contributed by atoms with E-state index in [0.717, 1.165) is 154 Å². The van der Waals surface area contributed by atoms with Crippen LogP contribution in [0.2, 0.25) is 0 Å². The van der Waals surface area contributed by atoms with Crippen molar-refractivity contribution in [2.24, 2.45) is 0 Å². The zero-order valence-electron chi connectivity index (χ0n) is 58.8. The second kappa shape index (κ2) is 69.3. The molecule has 0 bridgehead atoms. The van der Waals surface area contributed by atoms with Crippen LogP contribution in [-0.2, 0) is 55.8 Å². The molecule has 0 spiro atoms. The van der Waals surface area contributed by atoms with Gasteiger partial charge in [0.1, 0.15) is 25.4 Å². The number of phosphoric ester groups is 2. The van der Waals surface area contributed by atoms with Gasteiger partial charge in [0, 0.05) is 19.3 Å². The molecule has 0 aromatic carbocycles. The summed E-state index contributed by atoms with van der Waals surface area (Å²) in [5.41, 5.74) is 0. The van der Waals surface area contributed by atoms with Crippen molar-refractivity contribution in [1.29, 1.82) is 0 Å². The highest BCUT2D eigenvalue weighted by Crippen LogP contribution is 2.45.